The monoisotopic (exact) mass is 904 g/mol. The quantitative estimate of drug-likeness (QED) is 0.0344. The predicted molar refractivity (Wildman–Crippen MR) is 208 cm³/mol. The minimum absolute atomic E-state index is 0. The molecule has 18 nitrogen and oxygen atoms in total. The predicted octanol–water partition coefficient (Wildman–Crippen LogP) is -3.43. The van der Waals surface area contributed by atoms with Crippen LogP contribution in [0, 0.1) is 52.3 Å². The normalized spacial score (nSPS) is 48.0. The molecule has 2 saturated heterocycles. The summed E-state index contributed by atoms with van der Waals surface area (Å²) in [6.07, 6.45) is -9.51. The van der Waals surface area contributed by atoms with Gasteiger partial charge < -0.3 is 73.8 Å². The van der Waals surface area contributed by atoms with Gasteiger partial charge in [0.15, 0.2) is 12.6 Å². The maximum atomic E-state index is 12.8. The minimum Gasteiger partial charge on any atom is -0.726 e. The molecule has 0 bridgehead atoms. The van der Waals surface area contributed by atoms with Crippen LogP contribution in [-0.2, 0) is 43.0 Å². The molecule has 4 saturated carbocycles. The molecule has 6 aliphatic rings. The van der Waals surface area contributed by atoms with Gasteiger partial charge in [-0.05, 0) is 66.6 Å². The number of fused-ring (bicyclic) bond motifs is 5. The van der Waals surface area contributed by atoms with Crippen LogP contribution in [-0.4, -0.2) is 173 Å². The third-order valence-corrected chi connectivity index (χ3v) is 16.2. The van der Waals surface area contributed by atoms with Gasteiger partial charge in [-0.2, -0.15) is 0 Å². The van der Waals surface area contributed by atoms with Crippen LogP contribution in [0.2, 0.25) is 0 Å². The van der Waals surface area contributed by atoms with Gasteiger partial charge in [0, 0.05) is 38.4 Å². The molecule has 2 heterocycles. The Balaban J connectivity index is 0.00000704. The third-order valence-electron chi connectivity index (χ3n) is 15.7. The summed E-state index contributed by atoms with van der Waals surface area (Å²) in [7, 11) is -2.45. The fourth-order valence-corrected chi connectivity index (χ4v) is 13.1. The second-order valence-electron chi connectivity index (χ2n) is 19.3. The van der Waals surface area contributed by atoms with Crippen molar-refractivity contribution in [3.05, 3.63) is 12.2 Å². The molecule has 0 amide bonds. The van der Waals surface area contributed by atoms with Gasteiger partial charge in [-0.3, -0.25) is 4.18 Å². The van der Waals surface area contributed by atoms with Crippen LogP contribution in [0.4, 0.5) is 0 Å². The fraction of sp³-hybridized carbons (Fsp3) is 0.951. The Morgan fingerprint density at radius 2 is 1.56 bits per heavy atom. The van der Waals surface area contributed by atoms with Gasteiger partial charge in [0.2, 0.25) is 10.4 Å². The van der Waals surface area contributed by atoms with E-state index in [-0.39, 0.29) is 79.3 Å². The number of methoxy groups -OCH3 is 2. The van der Waals surface area contributed by atoms with E-state index in [1.54, 1.807) is 0 Å². The van der Waals surface area contributed by atoms with E-state index in [0.717, 1.165) is 0 Å². The van der Waals surface area contributed by atoms with Gasteiger partial charge in [0.25, 0.3) is 0 Å². The van der Waals surface area contributed by atoms with Gasteiger partial charge in [-0.25, -0.2) is 8.42 Å². The number of ether oxygens (including phenoxy) is 6. The first-order valence-electron chi connectivity index (χ1n) is 21.4. The van der Waals surface area contributed by atoms with Crippen LogP contribution in [0.5, 0.6) is 0 Å². The molecule has 4 aliphatic carbocycles. The molecular weight excluding hydrogens is 835 g/mol. The van der Waals surface area contributed by atoms with Crippen LogP contribution in [0.3, 0.4) is 0 Å². The van der Waals surface area contributed by atoms with Gasteiger partial charge in [0.05, 0.1) is 49.8 Å². The van der Waals surface area contributed by atoms with Crippen LogP contribution < -0.4 is 29.6 Å². The molecule has 0 spiro atoms. The number of allylic oxidation sites excluding steroid dienone is 1. The maximum Gasteiger partial charge on any atom is 1.00 e. The van der Waals surface area contributed by atoms with Crippen LogP contribution in [0.15, 0.2) is 12.2 Å². The number of hydrogen-bond acceptors (Lipinski definition) is 18. The number of hydrogen-bond donors (Lipinski definition) is 8. The van der Waals surface area contributed by atoms with E-state index < -0.39 is 131 Å². The summed E-state index contributed by atoms with van der Waals surface area (Å²) in [5, 5.41) is 88.6. The zero-order valence-corrected chi connectivity index (χ0v) is 39.5. The Bertz CT molecular complexity index is 1590. The Labute approximate surface area is 381 Å². The smallest absolute Gasteiger partial charge is 0.726 e. The van der Waals surface area contributed by atoms with E-state index in [9.17, 15) is 53.8 Å². The number of aliphatic hydroxyl groups is 8. The van der Waals surface area contributed by atoms with Crippen molar-refractivity contribution < 1.29 is 116 Å². The summed E-state index contributed by atoms with van der Waals surface area (Å²) in [4.78, 5) is 0. The minimum atomic E-state index is -5.25. The Morgan fingerprint density at radius 1 is 0.885 bits per heavy atom. The molecular formula is C41H69NaO18S. The molecule has 6 fully saturated rings. The molecule has 61 heavy (non-hydrogen) atoms. The van der Waals surface area contributed by atoms with Crippen LogP contribution in [0.25, 0.3) is 0 Å². The van der Waals surface area contributed by atoms with Crippen LogP contribution in [0.1, 0.15) is 73.1 Å². The molecule has 20 heteroatoms. The molecule has 8 N–H and O–H groups in total. The summed E-state index contributed by atoms with van der Waals surface area (Å²) in [5.74, 6) is -2.49. The van der Waals surface area contributed by atoms with Gasteiger partial charge >= 0.3 is 29.6 Å². The van der Waals surface area contributed by atoms with Crippen molar-refractivity contribution in [2.45, 2.75) is 158 Å². The van der Waals surface area contributed by atoms with E-state index in [1.807, 2.05) is 40.7 Å². The molecule has 0 radical (unpaired) electrons. The molecule has 0 aromatic carbocycles. The zero-order chi connectivity index (χ0) is 44.3. The Kier molecular flexibility index (Phi) is 17.1. The van der Waals surface area contributed by atoms with Gasteiger partial charge in [-0.15, -0.1) is 0 Å². The second kappa shape index (κ2) is 20.1. The molecule has 348 valence electrons. The first-order valence-corrected chi connectivity index (χ1v) is 22.7. The van der Waals surface area contributed by atoms with Crippen molar-refractivity contribution in [1.29, 1.82) is 0 Å². The van der Waals surface area contributed by atoms with E-state index in [0.29, 0.717) is 25.7 Å². The number of rotatable bonds is 15. The molecule has 6 rings (SSSR count). The maximum absolute atomic E-state index is 12.8. The van der Waals surface area contributed by atoms with Crippen molar-refractivity contribution >= 4 is 10.4 Å². The topological polar surface area (TPSA) is 284 Å². The molecule has 2 aliphatic heterocycles. The average Bonchev–Trinajstić information content (AvgIpc) is 3.63. The first-order chi connectivity index (χ1) is 28.1. The summed E-state index contributed by atoms with van der Waals surface area (Å²) in [5.41, 5.74) is -3.14. The van der Waals surface area contributed by atoms with Crippen molar-refractivity contribution in [1.82, 2.24) is 0 Å². The standard InChI is InChI=1S/C41H70O18S.Na/c1-19(2)21(17-55-38-35(32(48)33(57-38)25(45)16-42)58-37-34(54-7)31(47)27(53-6)18-56-37)9-8-20(3)22-14-24(44)36-39(22,4)13-11-28-40(5)12-10-23(43)30(46)29(40)26(15-41(28,36)49)59-60(50,51)52;/h8-9,19-38,42-49H,10-18H2,1-7H3,(H,50,51,52);/q;+1/p-1/b9-8+;/t20-,21-,22-,23+,24-,25-,26+,27-,28-,29+,30+,31+,32+,33+,34-,35-,36-,37+,38-,39-,40-,41+;/m1./s1. The fourth-order valence-electron chi connectivity index (χ4n) is 12.6. The van der Waals surface area contributed by atoms with Crippen molar-refractivity contribution in [2.75, 3.05) is 34.0 Å². The SMILES string of the molecule is CO[C@H]1[C@H](O[C@H]2[C@H](OC[C@@H](/C=C/[C@@H](C)[C@H]3C[C@@H](O)[C@@H]4[C@]3(C)CC[C@@H]3[C@@]5(C)CC[C@H](O)[C@H](O)[C@@H]5[C@@H](OS(=O)(=O)[O-])C[C@]34O)C(C)C)O[C@@H]([C@H](O)CO)[C@@H]2O)OC[C@@H](OC)[C@@H]1O.[Na+]. The van der Waals surface area contributed by atoms with E-state index in [1.165, 1.54) is 14.2 Å². The molecule has 0 unspecified atom stereocenters. The summed E-state index contributed by atoms with van der Waals surface area (Å²) >= 11 is 0. The molecule has 0 aromatic rings. The average molecular weight is 905 g/mol. The van der Waals surface area contributed by atoms with Crippen molar-refractivity contribution in [3.63, 3.8) is 0 Å². The van der Waals surface area contributed by atoms with Crippen molar-refractivity contribution in [3.8, 4) is 0 Å². The van der Waals surface area contributed by atoms with Gasteiger partial charge in [-0.1, -0.05) is 46.8 Å². The largest absolute Gasteiger partial charge is 1.00 e. The van der Waals surface area contributed by atoms with E-state index >= 15 is 0 Å². The first kappa shape index (κ1) is 52.0. The van der Waals surface area contributed by atoms with E-state index in [4.69, 9.17) is 32.6 Å². The molecule has 0 aromatic heterocycles. The second-order valence-corrected chi connectivity index (χ2v) is 20.3. The summed E-state index contributed by atoms with van der Waals surface area (Å²) in [6.45, 7) is 9.35. The Hall–Kier alpha value is 0.0500. The molecule has 22 atom stereocenters. The van der Waals surface area contributed by atoms with Gasteiger partial charge in [0.1, 0.15) is 42.7 Å². The summed E-state index contributed by atoms with van der Waals surface area (Å²) < 4.78 is 75.9. The summed E-state index contributed by atoms with van der Waals surface area (Å²) in [6, 6.07) is 0. The van der Waals surface area contributed by atoms with Crippen LogP contribution >= 0.6 is 0 Å². The van der Waals surface area contributed by atoms with E-state index in [2.05, 4.69) is 6.08 Å². The van der Waals surface area contributed by atoms with Crippen molar-refractivity contribution in [2.24, 2.45) is 52.3 Å². The Morgan fingerprint density at radius 3 is 2.16 bits per heavy atom. The zero-order valence-electron chi connectivity index (χ0n) is 36.6. The number of aliphatic hydroxyl groups excluding tert-OH is 7. The third kappa shape index (κ3) is 9.89.